The van der Waals surface area contributed by atoms with Crippen LogP contribution in [-0.2, 0) is 9.59 Å². The highest BCUT2D eigenvalue weighted by molar-refractivity contribution is 5.96. The second-order valence-electron chi connectivity index (χ2n) is 3.90. The van der Waals surface area contributed by atoms with Crippen molar-refractivity contribution in [2.24, 2.45) is 5.92 Å². The van der Waals surface area contributed by atoms with Gasteiger partial charge in [-0.3, -0.25) is 9.59 Å². The van der Waals surface area contributed by atoms with Gasteiger partial charge >= 0.3 is 0 Å². The Labute approximate surface area is 76.3 Å². The summed E-state index contributed by atoms with van der Waals surface area (Å²) in [4.78, 5) is 22.0. The van der Waals surface area contributed by atoms with Crippen molar-refractivity contribution < 1.29 is 14.7 Å². The molecule has 2 unspecified atom stereocenters. The standard InChI is InChI=1S/C9H13NO3/c11-6-3-5(4-6)9(13)10-7-1-2-8(7)12/h5,7-8,12H,1-4H2,(H,10,13). The van der Waals surface area contributed by atoms with Gasteiger partial charge in [0.1, 0.15) is 5.78 Å². The summed E-state index contributed by atoms with van der Waals surface area (Å²) in [6.45, 7) is 0. The minimum Gasteiger partial charge on any atom is -0.391 e. The van der Waals surface area contributed by atoms with Gasteiger partial charge in [0, 0.05) is 12.8 Å². The molecule has 2 atom stereocenters. The number of hydrogen-bond donors (Lipinski definition) is 2. The summed E-state index contributed by atoms with van der Waals surface area (Å²) in [5, 5.41) is 11.9. The Balaban J connectivity index is 1.75. The first-order valence-electron chi connectivity index (χ1n) is 4.67. The number of aliphatic hydroxyl groups excluding tert-OH is 1. The SMILES string of the molecule is O=C1CC(C(=O)NC2CCC2O)C1. The van der Waals surface area contributed by atoms with Crippen molar-refractivity contribution in [3.8, 4) is 0 Å². The molecule has 2 saturated carbocycles. The first-order chi connectivity index (χ1) is 6.16. The van der Waals surface area contributed by atoms with E-state index in [0.29, 0.717) is 12.8 Å². The smallest absolute Gasteiger partial charge is 0.224 e. The highest BCUT2D eigenvalue weighted by atomic mass is 16.3. The van der Waals surface area contributed by atoms with Crippen LogP contribution in [0.15, 0.2) is 0 Å². The van der Waals surface area contributed by atoms with Crippen molar-refractivity contribution in [3.63, 3.8) is 0 Å². The van der Waals surface area contributed by atoms with E-state index >= 15 is 0 Å². The first kappa shape index (κ1) is 8.69. The number of hydrogen-bond acceptors (Lipinski definition) is 3. The van der Waals surface area contributed by atoms with Gasteiger partial charge < -0.3 is 10.4 Å². The van der Waals surface area contributed by atoms with E-state index in [1.165, 1.54) is 0 Å². The fraction of sp³-hybridized carbons (Fsp3) is 0.778. The van der Waals surface area contributed by atoms with Crippen LogP contribution in [0.1, 0.15) is 25.7 Å². The Bertz CT molecular complexity index is 243. The number of rotatable bonds is 2. The molecule has 4 nitrogen and oxygen atoms in total. The van der Waals surface area contributed by atoms with Crippen molar-refractivity contribution in [2.45, 2.75) is 37.8 Å². The van der Waals surface area contributed by atoms with Crippen molar-refractivity contribution in [1.29, 1.82) is 0 Å². The molecule has 0 aromatic rings. The summed E-state index contributed by atoms with van der Waals surface area (Å²) in [5.74, 6) is -0.0297. The van der Waals surface area contributed by atoms with Gasteiger partial charge in [0.05, 0.1) is 18.1 Å². The van der Waals surface area contributed by atoms with Gasteiger partial charge in [0.15, 0.2) is 0 Å². The number of ketones is 1. The van der Waals surface area contributed by atoms with Crippen molar-refractivity contribution >= 4 is 11.7 Å². The van der Waals surface area contributed by atoms with E-state index < -0.39 is 0 Å². The highest BCUT2D eigenvalue weighted by Gasteiger charge is 2.36. The molecule has 0 saturated heterocycles. The van der Waals surface area contributed by atoms with Crippen LogP contribution in [-0.4, -0.2) is 28.9 Å². The quantitative estimate of drug-likeness (QED) is 0.612. The maximum atomic E-state index is 11.3. The minimum absolute atomic E-state index is 0.0663. The molecule has 2 aliphatic carbocycles. The third kappa shape index (κ3) is 1.58. The van der Waals surface area contributed by atoms with Crippen LogP contribution in [0.2, 0.25) is 0 Å². The summed E-state index contributed by atoms with van der Waals surface area (Å²) in [6.07, 6.45) is 2.02. The van der Waals surface area contributed by atoms with Crippen LogP contribution < -0.4 is 5.32 Å². The Hall–Kier alpha value is -0.900. The van der Waals surface area contributed by atoms with Crippen molar-refractivity contribution in [1.82, 2.24) is 5.32 Å². The topological polar surface area (TPSA) is 66.4 Å². The van der Waals surface area contributed by atoms with E-state index in [-0.39, 0.29) is 29.8 Å². The molecule has 0 spiro atoms. The van der Waals surface area contributed by atoms with Crippen molar-refractivity contribution in [3.05, 3.63) is 0 Å². The lowest BCUT2D eigenvalue weighted by Gasteiger charge is -2.35. The van der Waals surface area contributed by atoms with Crippen LogP contribution in [0.25, 0.3) is 0 Å². The number of Topliss-reactive ketones (excluding diaryl/α,β-unsaturated/α-hetero) is 1. The molecule has 0 aromatic carbocycles. The average molecular weight is 183 g/mol. The summed E-state index contributed by atoms with van der Waals surface area (Å²) in [5.41, 5.74) is 0. The third-order valence-electron chi connectivity index (χ3n) is 2.88. The molecule has 2 N–H and O–H groups in total. The average Bonchev–Trinajstić information content (AvgIpc) is 2.06. The fourth-order valence-corrected chi connectivity index (χ4v) is 1.63. The van der Waals surface area contributed by atoms with E-state index in [9.17, 15) is 14.7 Å². The maximum absolute atomic E-state index is 11.3. The minimum atomic E-state index is -0.375. The molecule has 0 aliphatic heterocycles. The van der Waals surface area contributed by atoms with Crippen LogP contribution >= 0.6 is 0 Å². The number of aliphatic hydroxyl groups is 1. The largest absolute Gasteiger partial charge is 0.391 e. The molecule has 1 amide bonds. The fourth-order valence-electron chi connectivity index (χ4n) is 1.63. The Morgan fingerprint density at radius 3 is 2.46 bits per heavy atom. The zero-order valence-electron chi connectivity index (χ0n) is 7.32. The summed E-state index contributed by atoms with van der Waals surface area (Å²) in [6, 6.07) is -0.0665. The third-order valence-corrected chi connectivity index (χ3v) is 2.88. The van der Waals surface area contributed by atoms with Crippen molar-refractivity contribution in [2.75, 3.05) is 0 Å². The Morgan fingerprint density at radius 2 is 2.08 bits per heavy atom. The van der Waals surface area contributed by atoms with E-state index in [0.717, 1.165) is 12.8 Å². The number of carbonyl (C=O) groups is 2. The lowest BCUT2D eigenvalue weighted by molar-refractivity contribution is -0.139. The van der Waals surface area contributed by atoms with E-state index in [1.807, 2.05) is 0 Å². The molecule has 13 heavy (non-hydrogen) atoms. The molecule has 0 aromatic heterocycles. The maximum Gasteiger partial charge on any atom is 0.224 e. The van der Waals surface area contributed by atoms with Gasteiger partial charge in [-0.15, -0.1) is 0 Å². The van der Waals surface area contributed by atoms with Gasteiger partial charge in [0.25, 0.3) is 0 Å². The van der Waals surface area contributed by atoms with E-state index in [2.05, 4.69) is 5.32 Å². The predicted octanol–water partition coefficient (Wildman–Crippen LogP) is -0.395. The number of carbonyl (C=O) groups excluding carboxylic acids is 2. The van der Waals surface area contributed by atoms with Gasteiger partial charge in [-0.1, -0.05) is 0 Å². The zero-order chi connectivity index (χ0) is 9.42. The molecular formula is C9H13NO3. The van der Waals surface area contributed by atoms with Crippen LogP contribution in [0.3, 0.4) is 0 Å². The van der Waals surface area contributed by atoms with Crippen LogP contribution in [0.5, 0.6) is 0 Å². The first-order valence-corrected chi connectivity index (χ1v) is 4.67. The van der Waals surface area contributed by atoms with Crippen LogP contribution in [0.4, 0.5) is 0 Å². The number of amides is 1. The molecule has 0 bridgehead atoms. The summed E-state index contributed by atoms with van der Waals surface area (Å²) < 4.78 is 0. The molecule has 2 aliphatic rings. The number of nitrogens with one attached hydrogen (secondary N) is 1. The van der Waals surface area contributed by atoms with Crippen LogP contribution in [0, 0.1) is 5.92 Å². The second-order valence-corrected chi connectivity index (χ2v) is 3.90. The van der Waals surface area contributed by atoms with Gasteiger partial charge in [0.2, 0.25) is 5.91 Å². The molecule has 2 rings (SSSR count). The molecular weight excluding hydrogens is 170 g/mol. The molecule has 0 radical (unpaired) electrons. The summed E-state index contributed by atoms with van der Waals surface area (Å²) in [7, 11) is 0. The second kappa shape index (κ2) is 3.10. The molecule has 2 fully saturated rings. The molecule has 0 heterocycles. The monoisotopic (exact) mass is 183 g/mol. The van der Waals surface area contributed by atoms with Gasteiger partial charge in [-0.25, -0.2) is 0 Å². The lowest BCUT2D eigenvalue weighted by Crippen LogP contribution is -2.53. The zero-order valence-corrected chi connectivity index (χ0v) is 7.32. The van der Waals surface area contributed by atoms with Gasteiger partial charge in [-0.05, 0) is 12.8 Å². The Kier molecular flexibility index (Phi) is 2.07. The normalized spacial score (nSPS) is 33.5. The molecule has 4 heteroatoms. The van der Waals surface area contributed by atoms with E-state index in [4.69, 9.17) is 0 Å². The van der Waals surface area contributed by atoms with Gasteiger partial charge in [-0.2, -0.15) is 0 Å². The lowest BCUT2D eigenvalue weighted by atomic mass is 9.82. The predicted molar refractivity (Wildman–Crippen MR) is 44.9 cm³/mol. The molecule has 72 valence electrons. The Morgan fingerprint density at radius 1 is 1.38 bits per heavy atom. The van der Waals surface area contributed by atoms with E-state index in [1.54, 1.807) is 0 Å². The highest BCUT2D eigenvalue weighted by Crippen LogP contribution is 2.25. The summed E-state index contributed by atoms with van der Waals surface area (Å²) >= 11 is 0.